The molecule has 0 saturated heterocycles. The molecule has 5 heteroatoms. The van der Waals surface area contributed by atoms with Gasteiger partial charge in [0.25, 0.3) is 0 Å². The second-order valence-corrected chi connectivity index (χ2v) is 7.49. The molecule has 2 aromatic rings. The molecule has 2 heterocycles. The third-order valence-corrected chi connectivity index (χ3v) is 5.92. The van der Waals surface area contributed by atoms with E-state index in [0.717, 1.165) is 42.7 Å². The van der Waals surface area contributed by atoms with Crippen LogP contribution < -0.4 is 4.90 Å². The molecule has 5 nitrogen and oxygen atoms in total. The Kier molecular flexibility index (Phi) is 4.69. The standard InChI is InChI=1S/C19H28N4O/c24-17-9-5-4-6-14(17)12-23(15-7-2-1-3-8-15)19-16-10-11-20-18(16)21-13-22-19/h10-11,13-15,17,24H,1-9,12H2,(H,20,21,22)/t14-,17?/m1/s1. The van der Waals surface area contributed by atoms with Crippen LogP contribution >= 0.6 is 0 Å². The maximum atomic E-state index is 10.5. The average Bonchev–Trinajstić information content (AvgIpc) is 3.11. The van der Waals surface area contributed by atoms with Crippen molar-refractivity contribution in [1.29, 1.82) is 0 Å². The van der Waals surface area contributed by atoms with E-state index in [4.69, 9.17) is 0 Å². The summed E-state index contributed by atoms with van der Waals surface area (Å²) < 4.78 is 0. The van der Waals surface area contributed by atoms with Crippen molar-refractivity contribution >= 4 is 16.9 Å². The van der Waals surface area contributed by atoms with Gasteiger partial charge in [-0.1, -0.05) is 32.1 Å². The van der Waals surface area contributed by atoms with Crippen molar-refractivity contribution in [3.05, 3.63) is 18.6 Å². The summed E-state index contributed by atoms with van der Waals surface area (Å²) >= 11 is 0. The number of aromatic nitrogens is 3. The fourth-order valence-electron chi connectivity index (χ4n) is 4.54. The number of H-pyrrole nitrogens is 1. The van der Waals surface area contributed by atoms with Crippen molar-refractivity contribution in [3.63, 3.8) is 0 Å². The monoisotopic (exact) mass is 328 g/mol. The van der Waals surface area contributed by atoms with Crippen LogP contribution in [0.1, 0.15) is 57.8 Å². The van der Waals surface area contributed by atoms with E-state index >= 15 is 0 Å². The maximum Gasteiger partial charge on any atom is 0.142 e. The maximum absolute atomic E-state index is 10.5. The molecule has 0 radical (unpaired) electrons. The molecule has 0 aliphatic heterocycles. The van der Waals surface area contributed by atoms with E-state index in [1.165, 1.54) is 38.5 Å². The van der Waals surface area contributed by atoms with Crippen LogP contribution in [0.3, 0.4) is 0 Å². The number of nitrogens with one attached hydrogen (secondary N) is 1. The van der Waals surface area contributed by atoms with Gasteiger partial charge < -0.3 is 15.0 Å². The van der Waals surface area contributed by atoms with E-state index in [1.807, 2.05) is 6.20 Å². The predicted octanol–water partition coefficient (Wildman–Crippen LogP) is 3.65. The number of aliphatic hydroxyl groups is 1. The Morgan fingerprint density at radius 1 is 1.04 bits per heavy atom. The Balaban J connectivity index is 1.65. The van der Waals surface area contributed by atoms with Crippen molar-refractivity contribution in [2.45, 2.75) is 69.9 Å². The van der Waals surface area contributed by atoms with Crippen LogP contribution in [-0.4, -0.2) is 38.7 Å². The summed E-state index contributed by atoms with van der Waals surface area (Å²) in [5.41, 5.74) is 0.907. The summed E-state index contributed by atoms with van der Waals surface area (Å²) in [6.45, 7) is 0.920. The molecular weight excluding hydrogens is 300 g/mol. The highest BCUT2D eigenvalue weighted by Gasteiger charge is 2.30. The molecule has 0 aromatic carbocycles. The van der Waals surface area contributed by atoms with Crippen LogP contribution in [0.25, 0.3) is 11.0 Å². The van der Waals surface area contributed by atoms with Crippen molar-refractivity contribution in [2.75, 3.05) is 11.4 Å². The van der Waals surface area contributed by atoms with Crippen LogP contribution in [-0.2, 0) is 0 Å². The van der Waals surface area contributed by atoms with Gasteiger partial charge in [-0.05, 0) is 31.7 Å². The van der Waals surface area contributed by atoms with Gasteiger partial charge >= 0.3 is 0 Å². The van der Waals surface area contributed by atoms with Crippen LogP contribution in [0.2, 0.25) is 0 Å². The largest absolute Gasteiger partial charge is 0.393 e. The number of aromatic amines is 1. The smallest absolute Gasteiger partial charge is 0.142 e. The SMILES string of the molecule is OC1CCCC[C@@H]1CN(c1ncnc2[nH]ccc12)C1CCCCC1. The third kappa shape index (κ3) is 3.14. The molecule has 4 rings (SSSR count). The first kappa shape index (κ1) is 15.9. The number of rotatable bonds is 4. The van der Waals surface area contributed by atoms with Gasteiger partial charge in [-0.25, -0.2) is 9.97 Å². The summed E-state index contributed by atoms with van der Waals surface area (Å²) in [5.74, 6) is 1.41. The van der Waals surface area contributed by atoms with E-state index < -0.39 is 0 Å². The summed E-state index contributed by atoms with van der Waals surface area (Å²) in [4.78, 5) is 14.7. The van der Waals surface area contributed by atoms with Crippen molar-refractivity contribution in [2.24, 2.45) is 5.92 Å². The normalized spacial score (nSPS) is 25.9. The zero-order valence-corrected chi connectivity index (χ0v) is 14.3. The second-order valence-electron chi connectivity index (χ2n) is 7.49. The quantitative estimate of drug-likeness (QED) is 0.899. The lowest BCUT2D eigenvalue weighted by atomic mass is 9.85. The molecule has 2 aliphatic carbocycles. The van der Waals surface area contributed by atoms with E-state index in [2.05, 4.69) is 25.9 Å². The highest BCUT2D eigenvalue weighted by molar-refractivity contribution is 5.87. The molecular formula is C19H28N4O. The lowest BCUT2D eigenvalue weighted by Crippen LogP contribution is -2.44. The van der Waals surface area contributed by atoms with Gasteiger partial charge in [-0.3, -0.25) is 0 Å². The first-order chi connectivity index (χ1) is 11.8. The predicted molar refractivity (Wildman–Crippen MR) is 96.1 cm³/mol. The van der Waals surface area contributed by atoms with Gasteiger partial charge in [-0.15, -0.1) is 0 Å². The van der Waals surface area contributed by atoms with Gasteiger partial charge in [-0.2, -0.15) is 0 Å². The zero-order valence-electron chi connectivity index (χ0n) is 14.3. The highest BCUT2D eigenvalue weighted by Crippen LogP contribution is 2.33. The van der Waals surface area contributed by atoms with Crippen LogP contribution in [0.5, 0.6) is 0 Å². The lowest BCUT2D eigenvalue weighted by Gasteiger charge is -2.40. The minimum atomic E-state index is -0.159. The number of aliphatic hydroxyl groups excluding tert-OH is 1. The molecule has 0 bridgehead atoms. The highest BCUT2D eigenvalue weighted by atomic mass is 16.3. The molecule has 24 heavy (non-hydrogen) atoms. The number of nitrogens with zero attached hydrogens (tertiary/aromatic N) is 3. The molecule has 2 atom stereocenters. The van der Waals surface area contributed by atoms with Gasteiger partial charge in [0, 0.05) is 24.7 Å². The third-order valence-electron chi connectivity index (χ3n) is 5.92. The summed E-state index contributed by atoms with van der Waals surface area (Å²) in [6.07, 6.45) is 14.4. The van der Waals surface area contributed by atoms with Crippen molar-refractivity contribution in [3.8, 4) is 0 Å². The summed E-state index contributed by atoms with van der Waals surface area (Å²) in [5, 5.41) is 11.6. The van der Waals surface area contributed by atoms with Crippen molar-refractivity contribution < 1.29 is 5.11 Å². The molecule has 2 aliphatic rings. The van der Waals surface area contributed by atoms with E-state index in [1.54, 1.807) is 6.33 Å². The molecule has 0 spiro atoms. The van der Waals surface area contributed by atoms with Crippen LogP contribution in [0, 0.1) is 5.92 Å². The second kappa shape index (κ2) is 7.09. The summed E-state index contributed by atoms with van der Waals surface area (Å²) in [7, 11) is 0. The first-order valence-electron chi connectivity index (χ1n) is 9.56. The number of fused-ring (bicyclic) bond motifs is 1. The van der Waals surface area contributed by atoms with Crippen molar-refractivity contribution in [1.82, 2.24) is 15.0 Å². The molecule has 1 unspecified atom stereocenters. The number of hydrogen-bond donors (Lipinski definition) is 2. The van der Waals surface area contributed by atoms with Crippen LogP contribution in [0.4, 0.5) is 5.82 Å². The molecule has 2 aromatic heterocycles. The number of hydrogen-bond acceptors (Lipinski definition) is 4. The molecule has 0 amide bonds. The van der Waals surface area contributed by atoms with Gasteiger partial charge in [0.1, 0.15) is 17.8 Å². The fourth-order valence-corrected chi connectivity index (χ4v) is 4.54. The zero-order chi connectivity index (χ0) is 16.4. The molecule has 2 N–H and O–H groups in total. The minimum absolute atomic E-state index is 0.159. The van der Waals surface area contributed by atoms with Gasteiger partial charge in [0.05, 0.1) is 11.5 Å². The molecule has 2 fully saturated rings. The average molecular weight is 328 g/mol. The van der Waals surface area contributed by atoms with Gasteiger partial charge in [0.15, 0.2) is 0 Å². The Morgan fingerprint density at radius 2 is 1.83 bits per heavy atom. The lowest BCUT2D eigenvalue weighted by molar-refractivity contribution is 0.0716. The fraction of sp³-hybridized carbons (Fsp3) is 0.684. The molecule has 130 valence electrons. The van der Waals surface area contributed by atoms with Gasteiger partial charge in [0.2, 0.25) is 0 Å². The topological polar surface area (TPSA) is 65.0 Å². The van der Waals surface area contributed by atoms with E-state index in [9.17, 15) is 5.11 Å². The van der Waals surface area contributed by atoms with Crippen LogP contribution in [0.15, 0.2) is 18.6 Å². The number of anilines is 1. The van der Waals surface area contributed by atoms with E-state index in [0.29, 0.717) is 12.0 Å². The Hall–Kier alpha value is -1.62. The minimum Gasteiger partial charge on any atom is -0.393 e. The Labute approximate surface area is 143 Å². The molecule has 2 saturated carbocycles. The Morgan fingerprint density at radius 3 is 2.67 bits per heavy atom. The Bertz CT molecular complexity index is 664. The summed E-state index contributed by atoms with van der Waals surface area (Å²) in [6, 6.07) is 2.62. The van der Waals surface area contributed by atoms with E-state index in [-0.39, 0.29) is 6.10 Å². The first-order valence-corrected chi connectivity index (χ1v) is 9.56.